The number of unbranched alkanes of at least 4 members (excludes halogenated alkanes) is 3. The Morgan fingerprint density at radius 2 is 1.87 bits per heavy atom. The van der Waals surface area contributed by atoms with E-state index in [0.717, 1.165) is 17.8 Å². The topological polar surface area (TPSA) is 9.23 Å². The Hall–Kier alpha value is 0.660. The molecule has 0 spiro atoms. The van der Waals surface area contributed by atoms with Gasteiger partial charge in [-0.15, -0.1) is 23.5 Å². The van der Waals surface area contributed by atoms with E-state index in [4.69, 9.17) is 4.74 Å². The third-order valence-corrected chi connectivity index (χ3v) is 5.62. The number of hydrogen-bond donors (Lipinski definition) is 0. The van der Waals surface area contributed by atoms with Crippen molar-refractivity contribution in [2.45, 2.75) is 50.0 Å². The highest BCUT2D eigenvalue weighted by Crippen LogP contribution is 2.32. The van der Waals surface area contributed by atoms with Gasteiger partial charge >= 0.3 is 0 Å². The van der Waals surface area contributed by atoms with Crippen LogP contribution in [-0.2, 0) is 4.74 Å². The van der Waals surface area contributed by atoms with Crippen molar-refractivity contribution in [1.82, 2.24) is 0 Å². The molecule has 0 aromatic heterocycles. The number of hydrogen-bond acceptors (Lipinski definition) is 3. The zero-order chi connectivity index (χ0) is 10.8. The lowest BCUT2D eigenvalue weighted by Gasteiger charge is -2.20. The summed E-state index contributed by atoms with van der Waals surface area (Å²) in [7, 11) is 0. The fourth-order valence-electron chi connectivity index (χ4n) is 1.62. The van der Waals surface area contributed by atoms with Crippen LogP contribution >= 0.6 is 23.5 Å². The van der Waals surface area contributed by atoms with Crippen molar-refractivity contribution in [3.05, 3.63) is 0 Å². The van der Waals surface area contributed by atoms with Crippen molar-refractivity contribution in [3.8, 4) is 0 Å². The van der Waals surface area contributed by atoms with E-state index < -0.39 is 0 Å². The lowest BCUT2D eigenvalue weighted by molar-refractivity contribution is 0.130. The summed E-state index contributed by atoms with van der Waals surface area (Å²) in [6.45, 7) is 4.19. The van der Waals surface area contributed by atoms with E-state index in [2.05, 4.69) is 30.4 Å². The standard InChI is InChI=1S/C12H24OS2/c1-2-3-4-5-8-13-9-7-12-14-10-6-11-15-12/h12H,2-11H2,1H3. The number of thioether (sulfide) groups is 2. The average molecular weight is 248 g/mol. The Labute approximate surface area is 103 Å². The minimum atomic E-state index is 0.814. The first-order valence-corrected chi connectivity index (χ1v) is 8.34. The van der Waals surface area contributed by atoms with E-state index in [1.807, 2.05) is 0 Å². The van der Waals surface area contributed by atoms with Crippen LogP contribution in [0.2, 0.25) is 0 Å². The summed E-state index contributed by atoms with van der Waals surface area (Å²) >= 11 is 4.24. The molecule has 0 N–H and O–H groups in total. The zero-order valence-electron chi connectivity index (χ0n) is 9.87. The summed E-state index contributed by atoms with van der Waals surface area (Å²) in [5.41, 5.74) is 0. The highest BCUT2D eigenvalue weighted by Gasteiger charge is 2.13. The van der Waals surface area contributed by atoms with E-state index in [1.165, 1.54) is 50.0 Å². The smallest absolute Gasteiger partial charge is 0.0524 e. The molecule has 1 saturated heterocycles. The summed E-state index contributed by atoms with van der Waals surface area (Å²) in [5, 5.41) is 0. The van der Waals surface area contributed by atoms with Crippen LogP contribution in [0.4, 0.5) is 0 Å². The Morgan fingerprint density at radius 1 is 1.07 bits per heavy atom. The van der Waals surface area contributed by atoms with Gasteiger partial charge in [0.15, 0.2) is 0 Å². The normalized spacial score (nSPS) is 18.2. The van der Waals surface area contributed by atoms with Crippen LogP contribution in [0.1, 0.15) is 45.4 Å². The molecule has 0 unspecified atom stereocenters. The van der Waals surface area contributed by atoms with Gasteiger partial charge in [0.05, 0.1) is 4.58 Å². The van der Waals surface area contributed by atoms with Gasteiger partial charge in [-0.1, -0.05) is 26.2 Å². The molecule has 0 bridgehead atoms. The van der Waals surface area contributed by atoms with Crippen LogP contribution in [0.25, 0.3) is 0 Å². The molecule has 0 atom stereocenters. The second-order valence-electron chi connectivity index (χ2n) is 3.99. The first-order chi connectivity index (χ1) is 7.43. The molecule has 0 amide bonds. The maximum Gasteiger partial charge on any atom is 0.0524 e. The molecule has 0 aliphatic carbocycles. The van der Waals surface area contributed by atoms with Crippen molar-refractivity contribution < 1.29 is 4.74 Å². The fraction of sp³-hybridized carbons (Fsp3) is 1.00. The van der Waals surface area contributed by atoms with E-state index in [9.17, 15) is 0 Å². The lowest BCUT2D eigenvalue weighted by atomic mass is 10.2. The van der Waals surface area contributed by atoms with E-state index in [0.29, 0.717) is 0 Å². The molecular weight excluding hydrogens is 224 g/mol. The Kier molecular flexibility index (Phi) is 9.02. The first kappa shape index (κ1) is 13.7. The second-order valence-corrected chi connectivity index (χ2v) is 6.91. The van der Waals surface area contributed by atoms with Gasteiger partial charge in [-0.25, -0.2) is 0 Å². The van der Waals surface area contributed by atoms with Gasteiger partial charge in [0.2, 0.25) is 0 Å². The van der Waals surface area contributed by atoms with Gasteiger partial charge in [0.1, 0.15) is 0 Å². The zero-order valence-corrected chi connectivity index (χ0v) is 11.5. The molecule has 1 heterocycles. The van der Waals surface area contributed by atoms with Crippen LogP contribution in [-0.4, -0.2) is 29.3 Å². The largest absolute Gasteiger partial charge is 0.381 e. The summed E-state index contributed by atoms with van der Waals surface area (Å²) in [4.78, 5) is 0. The van der Waals surface area contributed by atoms with E-state index in [1.54, 1.807) is 0 Å². The highest BCUT2D eigenvalue weighted by molar-refractivity contribution is 8.17. The monoisotopic (exact) mass is 248 g/mol. The van der Waals surface area contributed by atoms with Crippen molar-refractivity contribution in [1.29, 1.82) is 0 Å². The van der Waals surface area contributed by atoms with Crippen molar-refractivity contribution >= 4 is 23.5 Å². The quantitative estimate of drug-likeness (QED) is 0.597. The maximum atomic E-state index is 5.66. The minimum Gasteiger partial charge on any atom is -0.381 e. The average Bonchev–Trinajstić information content (AvgIpc) is 2.29. The van der Waals surface area contributed by atoms with Gasteiger partial charge in [0.25, 0.3) is 0 Å². The van der Waals surface area contributed by atoms with Crippen LogP contribution in [0.3, 0.4) is 0 Å². The molecule has 0 aromatic rings. The van der Waals surface area contributed by atoms with E-state index in [-0.39, 0.29) is 0 Å². The number of rotatable bonds is 8. The van der Waals surface area contributed by atoms with Crippen molar-refractivity contribution in [3.63, 3.8) is 0 Å². The predicted molar refractivity (Wildman–Crippen MR) is 72.9 cm³/mol. The Morgan fingerprint density at radius 3 is 2.60 bits per heavy atom. The molecular formula is C12H24OS2. The summed E-state index contributed by atoms with van der Waals surface area (Å²) in [6, 6.07) is 0. The molecule has 3 heteroatoms. The van der Waals surface area contributed by atoms with Crippen LogP contribution in [0.5, 0.6) is 0 Å². The SMILES string of the molecule is CCCCCCOCCC1SCCCS1. The molecule has 15 heavy (non-hydrogen) atoms. The third kappa shape index (κ3) is 7.53. The first-order valence-electron chi connectivity index (χ1n) is 6.24. The molecule has 90 valence electrons. The van der Waals surface area contributed by atoms with Gasteiger partial charge < -0.3 is 4.74 Å². The molecule has 1 aliphatic rings. The molecule has 1 rings (SSSR count). The predicted octanol–water partition coefficient (Wildman–Crippen LogP) is 4.17. The summed E-state index contributed by atoms with van der Waals surface area (Å²) in [6.07, 6.45) is 7.89. The Bertz CT molecular complexity index is 136. The second kappa shape index (κ2) is 9.86. The molecule has 0 radical (unpaired) electrons. The van der Waals surface area contributed by atoms with Crippen molar-refractivity contribution in [2.75, 3.05) is 24.7 Å². The molecule has 1 fully saturated rings. The highest BCUT2D eigenvalue weighted by atomic mass is 32.2. The Balaban J connectivity index is 1.79. The summed E-state index contributed by atoms with van der Waals surface area (Å²) < 4.78 is 6.47. The fourth-order valence-corrected chi connectivity index (χ4v) is 4.43. The third-order valence-electron chi connectivity index (χ3n) is 2.54. The maximum absolute atomic E-state index is 5.66. The molecule has 1 nitrogen and oxygen atoms in total. The van der Waals surface area contributed by atoms with E-state index >= 15 is 0 Å². The van der Waals surface area contributed by atoms with Crippen LogP contribution in [0.15, 0.2) is 0 Å². The lowest BCUT2D eigenvalue weighted by Crippen LogP contribution is -2.10. The van der Waals surface area contributed by atoms with Crippen molar-refractivity contribution in [2.24, 2.45) is 0 Å². The molecule has 0 aromatic carbocycles. The molecule has 1 aliphatic heterocycles. The van der Waals surface area contributed by atoms with Crippen LogP contribution in [0, 0.1) is 0 Å². The minimum absolute atomic E-state index is 0.814. The van der Waals surface area contributed by atoms with Gasteiger partial charge in [-0.2, -0.15) is 0 Å². The van der Waals surface area contributed by atoms with Crippen LogP contribution < -0.4 is 0 Å². The summed E-state index contributed by atoms with van der Waals surface area (Å²) in [5.74, 6) is 2.71. The van der Waals surface area contributed by atoms with Gasteiger partial charge in [-0.05, 0) is 30.8 Å². The van der Waals surface area contributed by atoms with Gasteiger partial charge in [0, 0.05) is 13.2 Å². The molecule has 0 saturated carbocycles. The number of ether oxygens (including phenoxy) is 1. The van der Waals surface area contributed by atoms with Gasteiger partial charge in [-0.3, -0.25) is 0 Å².